The van der Waals surface area contributed by atoms with Crippen LogP contribution in [-0.2, 0) is 0 Å². The molecule has 1 atom stereocenters. The zero-order valence-electron chi connectivity index (χ0n) is 8.88. The van der Waals surface area contributed by atoms with Crippen LogP contribution in [0.15, 0.2) is 22.6 Å². The Morgan fingerprint density at radius 2 is 2.20 bits per heavy atom. The maximum atomic E-state index is 6.06. The first-order valence-corrected chi connectivity index (χ1v) is 5.45. The molecule has 1 unspecified atom stereocenters. The maximum Gasteiger partial charge on any atom is 0.153 e. The summed E-state index contributed by atoms with van der Waals surface area (Å²) in [7, 11) is 0. The number of nitrogens with two attached hydrogens (primary N) is 1. The fourth-order valence-electron chi connectivity index (χ4n) is 1.63. The minimum atomic E-state index is -0.0483. The molecule has 2 N–H and O–H groups in total. The lowest BCUT2D eigenvalue weighted by Crippen LogP contribution is -2.06. The molecule has 0 fully saturated rings. The Morgan fingerprint density at radius 3 is 2.80 bits per heavy atom. The zero-order chi connectivity index (χ0) is 11.0. The number of fused-ring (bicyclic) bond motifs is 1. The quantitative estimate of drug-likeness (QED) is 0.841. The number of hydrogen-bond donors (Lipinski definition) is 1. The molecule has 0 saturated heterocycles. The molecule has 2 nitrogen and oxygen atoms in total. The molecule has 0 aliphatic carbocycles. The molecule has 0 radical (unpaired) electrons. The van der Waals surface area contributed by atoms with E-state index in [1.165, 1.54) is 0 Å². The summed E-state index contributed by atoms with van der Waals surface area (Å²) in [4.78, 5) is 0. The van der Waals surface area contributed by atoms with Crippen molar-refractivity contribution in [2.45, 2.75) is 26.3 Å². The molecule has 0 saturated carbocycles. The van der Waals surface area contributed by atoms with E-state index in [9.17, 15) is 0 Å². The van der Waals surface area contributed by atoms with Crippen molar-refractivity contribution in [1.82, 2.24) is 0 Å². The Kier molecular flexibility index (Phi) is 2.72. The SMILES string of the molecule is CCC(N)c1cc2c(C)ccc(Cl)c2o1. The van der Waals surface area contributed by atoms with Crippen LogP contribution in [0.4, 0.5) is 0 Å². The number of halogens is 1. The molecule has 0 bridgehead atoms. The van der Waals surface area contributed by atoms with E-state index in [1.807, 2.05) is 32.0 Å². The van der Waals surface area contributed by atoms with Gasteiger partial charge in [0.25, 0.3) is 0 Å². The highest BCUT2D eigenvalue weighted by Crippen LogP contribution is 2.31. The van der Waals surface area contributed by atoms with E-state index in [1.54, 1.807) is 0 Å². The third-order valence-electron chi connectivity index (χ3n) is 2.68. The van der Waals surface area contributed by atoms with Crippen molar-refractivity contribution < 1.29 is 4.42 Å². The van der Waals surface area contributed by atoms with Crippen molar-refractivity contribution in [3.05, 3.63) is 34.5 Å². The molecule has 2 rings (SSSR count). The molecule has 0 spiro atoms. The average Bonchev–Trinajstić information content (AvgIpc) is 2.68. The second kappa shape index (κ2) is 3.87. The normalized spacial score (nSPS) is 13.3. The molecule has 80 valence electrons. The smallest absolute Gasteiger partial charge is 0.153 e. The van der Waals surface area contributed by atoms with Gasteiger partial charge in [0, 0.05) is 5.39 Å². The zero-order valence-corrected chi connectivity index (χ0v) is 9.64. The first kappa shape index (κ1) is 10.5. The van der Waals surface area contributed by atoms with Gasteiger partial charge in [0.05, 0.1) is 11.1 Å². The summed E-state index contributed by atoms with van der Waals surface area (Å²) in [6.07, 6.45) is 0.858. The summed E-state index contributed by atoms with van der Waals surface area (Å²) in [6.45, 7) is 4.07. The van der Waals surface area contributed by atoms with Gasteiger partial charge in [-0.05, 0) is 31.0 Å². The van der Waals surface area contributed by atoms with Gasteiger partial charge in [-0.25, -0.2) is 0 Å². The first-order chi connectivity index (χ1) is 7.13. The van der Waals surface area contributed by atoms with E-state index < -0.39 is 0 Å². The monoisotopic (exact) mass is 223 g/mol. The predicted octanol–water partition coefficient (Wildman–Crippen LogP) is 3.80. The number of benzene rings is 1. The average molecular weight is 224 g/mol. The van der Waals surface area contributed by atoms with Crippen LogP contribution in [0.3, 0.4) is 0 Å². The van der Waals surface area contributed by atoms with Crippen LogP contribution in [0.5, 0.6) is 0 Å². The summed E-state index contributed by atoms with van der Waals surface area (Å²) in [5, 5.41) is 1.70. The van der Waals surface area contributed by atoms with Gasteiger partial charge < -0.3 is 10.2 Å². The van der Waals surface area contributed by atoms with Crippen molar-refractivity contribution in [3.63, 3.8) is 0 Å². The van der Waals surface area contributed by atoms with Crippen LogP contribution in [0.25, 0.3) is 11.0 Å². The van der Waals surface area contributed by atoms with Crippen LogP contribution in [-0.4, -0.2) is 0 Å². The van der Waals surface area contributed by atoms with Crippen LogP contribution in [0.1, 0.15) is 30.7 Å². The molecule has 3 heteroatoms. The molecule has 2 aromatic rings. The maximum absolute atomic E-state index is 6.06. The second-order valence-corrected chi connectivity index (χ2v) is 4.18. The number of aryl methyl sites for hydroxylation is 1. The lowest BCUT2D eigenvalue weighted by molar-refractivity contribution is 0.488. The van der Waals surface area contributed by atoms with Crippen molar-refractivity contribution in [2.75, 3.05) is 0 Å². The molecule has 0 amide bonds. The third-order valence-corrected chi connectivity index (χ3v) is 2.98. The van der Waals surface area contributed by atoms with Crippen molar-refractivity contribution in [1.29, 1.82) is 0 Å². The lowest BCUT2D eigenvalue weighted by atomic mass is 10.1. The lowest BCUT2D eigenvalue weighted by Gasteiger charge is -2.02. The minimum absolute atomic E-state index is 0.0483. The van der Waals surface area contributed by atoms with E-state index in [0.717, 1.165) is 28.7 Å². The Labute approximate surface area is 94.0 Å². The summed E-state index contributed by atoms with van der Waals surface area (Å²) >= 11 is 6.06. The van der Waals surface area contributed by atoms with Gasteiger partial charge in [-0.3, -0.25) is 0 Å². The number of hydrogen-bond acceptors (Lipinski definition) is 2. The molecular formula is C12H14ClNO. The first-order valence-electron chi connectivity index (χ1n) is 5.07. The summed E-state index contributed by atoms with van der Waals surface area (Å²) in [5.41, 5.74) is 7.83. The summed E-state index contributed by atoms with van der Waals surface area (Å²) in [6, 6.07) is 5.78. The van der Waals surface area contributed by atoms with Gasteiger partial charge in [-0.15, -0.1) is 0 Å². The standard InChI is InChI=1S/C12H14ClNO/c1-3-10(14)11-6-8-7(2)4-5-9(13)12(8)15-11/h4-6,10H,3,14H2,1-2H3. The Bertz CT molecular complexity index is 451. The van der Waals surface area contributed by atoms with E-state index in [0.29, 0.717) is 5.02 Å². The highest BCUT2D eigenvalue weighted by Gasteiger charge is 2.13. The second-order valence-electron chi connectivity index (χ2n) is 3.77. The van der Waals surface area contributed by atoms with Crippen molar-refractivity contribution >= 4 is 22.6 Å². The Morgan fingerprint density at radius 1 is 1.47 bits per heavy atom. The molecule has 1 heterocycles. The summed E-state index contributed by atoms with van der Waals surface area (Å²) in [5.74, 6) is 0.809. The van der Waals surface area contributed by atoms with E-state index >= 15 is 0 Å². The van der Waals surface area contributed by atoms with Crippen LogP contribution in [0.2, 0.25) is 5.02 Å². The topological polar surface area (TPSA) is 39.2 Å². The number of rotatable bonds is 2. The summed E-state index contributed by atoms with van der Waals surface area (Å²) < 4.78 is 5.68. The van der Waals surface area contributed by atoms with Gasteiger partial charge in [-0.1, -0.05) is 24.6 Å². The van der Waals surface area contributed by atoms with E-state index in [4.69, 9.17) is 21.8 Å². The van der Waals surface area contributed by atoms with Gasteiger partial charge >= 0.3 is 0 Å². The third kappa shape index (κ3) is 1.75. The largest absolute Gasteiger partial charge is 0.458 e. The highest BCUT2D eigenvalue weighted by molar-refractivity contribution is 6.34. The predicted molar refractivity (Wildman–Crippen MR) is 63.2 cm³/mol. The van der Waals surface area contributed by atoms with Crippen LogP contribution in [0, 0.1) is 6.92 Å². The molecule has 1 aromatic heterocycles. The fraction of sp³-hybridized carbons (Fsp3) is 0.333. The van der Waals surface area contributed by atoms with E-state index in [-0.39, 0.29) is 6.04 Å². The minimum Gasteiger partial charge on any atom is -0.458 e. The molecule has 0 aliphatic rings. The fourth-order valence-corrected chi connectivity index (χ4v) is 1.83. The molecule has 0 aliphatic heterocycles. The van der Waals surface area contributed by atoms with Crippen LogP contribution < -0.4 is 5.73 Å². The van der Waals surface area contributed by atoms with Crippen molar-refractivity contribution in [3.8, 4) is 0 Å². The number of furan rings is 1. The van der Waals surface area contributed by atoms with Gasteiger partial charge in [0.1, 0.15) is 5.76 Å². The van der Waals surface area contributed by atoms with Gasteiger partial charge in [0.2, 0.25) is 0 Å². The van der Waals surface area contributed by atoms with Gasteiger partial charge in [0.15, 0.2) is 5.58 Å². The van der Waals surface area contributed by atoms with Gasteiger partial charge in [-0.2, -0.15) is 0 Å². The molecule has 1 aromatic carbocycles. The highest BCUT2D eigenvalue weighted by atomic mass is 35.5. The molecule has 15 heavy (non-hydrogen) atoms. The molecular weight excluding hydrogens is 210 g/mol. The van der Waals surface area contributed by atoms with E-state index in [2.05, 4.69) is 0 Å². The van der Waals surface area contributed by atoms with Crippen molar-refractivity contribution in [2.24, 2.45) is 5.73 Å². The Balaban J connectivity index is 2.64. The Hall–Kier alpha value is -0.990. The van der Waals surface area contributed by atoms with Crippen LogP contribution >= 0.6 is 11.6 Å².